The minimum Gasteiger partial charge on any atom is -0.508 e. The van der Waals surface area contributed by atoms with Crippen LogP contribution < -0.4 is 0 Å². The van der Waals surface area contributed by atoms with E-state index in [1.54, 1.807) is 12.1 Å². The SMILES string of the molecule is CCCCCCCCCCCCCCCCCCc1cc(O)c(CCCCCC(=O)O)cc1O. The summed E-state index contributed by atoms with van der Waals surface area (Å²) >= 11 is 0. The average molecular weight is 477 g/mol. The van der Waals surface area contributed by atoms with Gasteiger partial charge in [-0.1, -0.05) is 110 Å². The second kappa shape index (κ2) is 20.6. The van der Waals surface area contributed by atoms with Gasteiger partial charge >= 0.3 is 5.97 Å². The Bertz CT molecular complexity index is 641. The molecule has 0 unspecified atom stereocenters. The zero-order valence-electron chi connectivity index (χ0n) is 22.0. The summed E-state index contributed by atoms with van der Waals surface area (Å²) in [5.41, 5.74) is 1.58. The van der Waals surface area contributed by atoms with E-state index >= 15 is 0 Å². The van der Waals surface area contributed by atoms with E-state index in [-0.39, 0.29) is 17.9 Å². The van der Waals surface area contributed by atoms with Crippen molar-refractivity contribution >= 4 is 5.97 Å². The van der Waals surface area contributed by atoms with Crippen LogP contribution in [0.1, 0.15) is 146 Å². The summed E-state index contributed by atoms with van der Waals surface area (Å²) in [7, 11) is 0. The van der Waals surface area contributed by atoms with Crippen molar-refractivity contribution in [2.24, 2.45) is 0 Å². The van der Waals surface area contributed by atoms with E-state index in [9.17, 15) is 15.0 Å². The molecule has 0 radical (unpaired) electrons. The third-order valence-electron chi connectivity index (χ3n) is 6.92. The maximum atomic E-state index is 10.6. The molecule has 0 aromatic heterocycles. The molecule has 0 aliphatic heterocycles. The normalized spacial score (nSPS) is 11.2. The van der Waals surface area contributed by atoms with E-state index in [4.69, 9.17) is 5.11 Å². The number of carboxylic acid groups (broad SMARTS) is 1. The van der Waals surface area contributed by atoms with Gasteiger partial charge in [0.1, 0.15) is 11.5 Å². The number of aliphatic carboxylic acids is 1. The van der Waals surface area contributed by atoms with Crippen LogP contribution in [0.2, 0.25) is 0 Å². The Hall–Kier alpha value is -1.71. The van der Waals surface area contributed by atoms with Crippen LogP contribution in [0.5, 0.6) is 11.5 Å². The molecule has 0 heterocycles. The largest absolute Gasteiger partial charge is 0.508 e. The van der Waals surface area contributed by atoms with Gasteiger partial charge in [-0.2, -0.15) is 0 Å². The molecule has 0 fully saturated rings. The lowest BCUT2D eigenvalue weighted by molar-refractivity contribution is -0.137. The lowest BCUT2D eigenvalue weighted by Gasteiger charge is -2.10. The number of aryl methyl sites for hydroxylation is 2. The first-order chi connectivity index (χ1) is 16.5. The van der Waals surface area contributed by atoms with Gasteiger partial charge in [-0.05, 0) is 55.4 Å². The Labute approximate surface area is 209 Å². The van der Waals surface area contributed by atoms with Crippen LogP contribution in [0, 0.1) is 0 Å². The molecule has 4 nitrogen and oxygen atoms in total. The zero-order valence-corrected chi connectivity index (χ0v) is 22.0. The molecule has 0 amide bonds. The molecule has 0 aliphatic carbocycles. The summed E-state index contributed by atoms with van der Waals surface area (Å²) in [6.45, 7) is 2.28. The summed E-state index contributed by atoms with van der Waals surface area (Å²) in [5, 5.41) is 29.3. The van der Waals surface area contributed by atoms with Crippen LogP contribution in [0.3, 0.4) is 0 Å². The number of benzene rings is 1. The summed E-state index contributed by atoms with van der Waals surface area (Å²) in [5.74, 6) is -0.235. The summed E-state index contributed by atoms with van der Waals surface area (Å²) in [4.78, 5) is 10.6. The van der Waals surface area contributed by atoms with Crippen LogP contribution in [0.15, 0.2) is 12.1 Å². The Kier molecular flexibility index (Phi) is 18.4. The number of rotatable bonds is 23. The van der Waals surface area contributed by atoms with Gasteiger partial charge in [-0.15, -0.1) is 0 Å². The van der Waals surface area contributed by atoms with Gasteiger partial charge in [-0.25, -0.2) is 0 Å². The third kappa shape index (κ3) is 16.0. The van der Waals surface area contributed by atoms with Crippen LogP contribution in [-0.4, -0.2) is 21.3 Å². The van der Waals surface area contributed by atoms with Crippen molar-refractivity contribution in [2.45, 2.75) is 148 Å². The van der Waals surface area contributed by atoms with Gasteiger partial charge in [0.15, 0.2) is 0 Å². The fraction of sp³-hybridized carbons (Fsp3) is 0.767. The van der Waals surface area contributed by atoms with Crippen LogP contribution >= 0.6 is 0 Å². The molecule has 0 spiro atoms. The predicted octanol–water partition coefficient (Wildman–Crippen LogP) is 9.09. The number of hydrogen-bond acceptors (Lipinski definition) is 3. The Morgan fingerprint density at radius 1 is 0.559 bits per heavy atom. The van der Waals surface area contributed by atoms with E-state index in [0.717, 1.165) is 36.8 Å². The lowest BCUT2D eigenvalue weighted by Crippen LogP contribution is -1.95. The first-order valence-corrected chi connectivity index (χ1v) is 14.3. The maximum Gasteiger partial charge on any atom is 0.303 e. The number of carboxylic acids is 1. The topological polar surface area (TPSA) is 77.8 Å². The van der Waals surface area contributed by atoms with E-state index in [0.29, 0.717) is 12.8 Å². The monoisotopic (exact) mass is 476 g/mol. The first-order valence-electron chi connectivity index (χ1n) is 14.3. The number of aromatic hydroxyl groups is 2. The summed E-state index contributed by atoms with van der Waals surface area (Å²) in [6, 6.07) is 3.40. The van der Waals surface area contributed by atoms with Gasteiger partial charge in [0.05, 0.1) is 0 Å². The fourth-order valence-corrected chi connectivity index (χ4v) is 4.70. The molecule has 0 atom stereocenters. The number of carbonyl (C=O) groups is 1. The second-order valence-electron chi connectivity index (χ2n) is 10.1. The van der Waals surface area contributed by atoms with Crippen molar-refractivity contribution in [3.8, 4) is 11.5 Å². The Balaban J connectivity index is 2.01. The Morgan fingerprint density at radius 3 is 1.24 bits per heavy atom. The molecule has 3 N–H and O–H groups in total. The average Bonchev–Trinajstić information content (AvgIpc) is 2.81. The van der Waals surface area contributed by atoms with Crippen LogP contribution in [-0.2, 0) is 17.6 Å². The minimum atomic E-state index is -0.765. The number of unbranched alkanes of at least 4 members (excludes halogenated alkanes) is 17. The minimum absolute atomic E-state index is 0.190. The van der Waals surface area contributed by atoms with Crippen molar-refractivity contribution < 1.29 is 20.1 Å². The fourth-order valence-electron chi connectivity index (χ4n) is 4.70. The molecule has 0 saturated carbocycles. The molecule has 4 heteroatoms. The molecule has 34 heavy (non-hydrogen) atoms. The van der Waals surface area contributed by atoms with Crippen LogP contribution in [0.4, 0.5) is 0 Å². The van der Waals surface area contributed by atoms with Gasteiger partial charge in [0.2, 0.25) is 0 Å². The van der Waals surface area contributed by atoms with E-state index in [2.05, 4.69) is 6.92 Å². The number of phenolic OH excluding ortho intramolecular Hbond substituents is 2. The molecule has 1 rings (SSSR count). The molecule has 0 bridgehead atoms. The van der Waals surface area contributed by atoms with E-state index in [1.165, 1.54) is 96.3 Å². The van der Waals surface area contributed by atoms with Crippen molar-refractivity contribution in [1.29, 1.82) is 0 Å². The first kappa shape index (κ1) is 30.3. The zero-order chi connectivity index (χ0) is 24.9. The summed E-state index contributed by atoms with van der Waals surface area (Å²) in [6.07, 6.45) is 25.5. The Morgan fingerprint density at radius 2 is 0.882 bits per heavy atom. The predicted molar refractivity (Wildman–Crippen MR) is 143 cm³/mol. The van der Waals surface area contributed by atoms with Gasteiger partial charge in [-0.3, -0.25) is 4.79 Å². The third-order valence-corrected chi connectivity index (χ3v) is 6.92. The number of hydrogen-bond donors (Lipinski definition) is 3. The molecule has 196 valence electrons. The molecular weight excluding hydrogens is 424 g/mol. The highest BCUT2D eigenvalue weighted by Gasteiger charge is 2.09. The van der Waals surface area contributed by atoms with Crippen molar-refractivity contribution in [3.05, 3.63) is 23.3 Å². The highest BCUT2D eigenvalue weighted by molar-refractivity contribution is 5.66. The smallest absolute Gasteiger partial charge is 0.303 e. The highest BCUT2D eigenvalue weighted by Crippen LogP contribution is 2.30. The van der Waals surface area contributed by atoms with Gasteiger partial charge < -0.3 is 15.3 Å². The molecular formula is C30H52O4. The molecule has 1 aromatic rings. The summed E-state index contributed by atoms with van der Waals surface area (Å²) < 4.78 is 0. The quantitative estimate of drug-likeness (QED) is 0.109. The molecule has 0 saturated heterocycles. The number of phenols is 2. The highest BCUT2D eigenvalue weighted by atomic mass is 16.4. The van der Waals surface area contributed by atoms with E-state index in [1.807, 2.05) is 0 Å². The second-order valence-corrected chi connectivity index (χ2v) is 10.1. The maximum absolute atomic E-state index is 10.6. The van der Waals surface area contributed by atoms with Crippen molar-refractivity contribution in [2.75, 3.05) is 0 Å². The lowest BCUT2D eigenvalue weighted by atomic mass is 9.99. The van der Waals surface area contributed by atoms with E-state index < -0.39 is 5.97 Å². The molecule has 1 aromatic carbocycles. The van der Waals surface area contributed by atoms with Crippen molar-refractivity contribution in [1.82, 2.24) is 0 Å². The van der Waals surface area contributed by atoms with Crippen molar-refractivity contribution in [3.63, 3.8) is 0 Å². The van der Waals surface area contributed by atoms with Gasteiger partial charge in [0, 0.05) is 6.42 Å². The van der Waals surface area contributed by atoms with Gasteiger partial charge in [0.25, 0.3) is 0 Å². The standard InChI is InChI=1S/C30H52O4/c1-2-3-4-5-6-7-8-9-10-11-12-13-14-15-16-18-21-26-24-29(32)27(25-28(26)31)22-19-17-20-23-30(33)34/h24-25,31-32H,2-23H2,1H3,(H,33,34). The molecule has 0 aliphatic rings. The van der Waals surface area contributed by atoms with Crippen LogP contribution in [0.25, 0.3) is 0 Å².